The van der Waals surface area contributed by atoms with Gasteiger partial charge in [-0.3, -0.25) is 4.79 Å². The highest BCUT2D eigenvalue weighted by atomic mass is 32.1. The van der Waals surface area contributed by atoms with Crippen molar-refractivity contribution in [2.45, 2.75) is 34.6 Å². The maximum atomic E-state index is 12.3. The van der Waals surface area contributed by atoms with Crippen LogP contribution in [0, 0.1) is 16.7 Å². The first-order valence-corrected chi connectivity index (χ1v) is 8.20. The molecule has 2 rings (SSSR count). The van der Waals surface area contributed by atoms with Gasteiger partial charge in [0.2, 0.25) is 0 Å². The first kappa shape index (κ1) is 16.1. The molecule has 1 saturated carbocycles. The Morgan fingerprint density at radius 1 is 1.38 bits per heavy atom. The summed E-state index contributed by atoms with van der Waals surface area (Å²) in [6.07, 6.45) is 0. The van der Waals surface area contributed by atoms with Crippen LogP contribution in [0.4, 0.5) is 10.9 Å². The van der Waals surface area contributed by atoms with E-state index in [1.165, 1.54) is 11.3 Å². The van der Waals surface area contributed by atoms with Crippen molar-refractivity contribution in [1.82, 2.24) is 10.3 Å². The SMILES string of the molecule is CCN(C)c1nc(N)c(C(=O)NCC2C(C)(C)C2(C)C)s1. The number of nitrogen functional groups attached to an aromatic ring is 1. The van der Waals surface area contributed by atoms with Crippen molar-refractivity contribution >= 4 is 28.2 Å². The molecule has 0 radical (unpaired) electrons. The van der Waals surface area contributed by atoms with Crippen molar-refractivity contribution < 1.29 is 4.79 Å². The summed E-state index contributed by atoms with van der Waals surface area (Å²) in [6.45, 7) is 12.6. The van der Waals surface area contributed by atoms with E-state index in [4.69, 9.17) is 5.73 Å². The minimum absolute atomic E-state index is 0.112. The molecule has 0 unspecified atom stereocenters. The molecule has 1 amide bonds. The number of hydrogen-bond donors (Lipinski definition) is 2. The second-order valence-corrected chi connectivity index (χ2v) is 7.91. The molecule has 5 nitrogen and oxygen atoms in total. The van der Waals surface area contributed by atoms with Crippen LogP contribution in [0.3, 0.4) is 0 Å². The number of nitrogens with two attached hydrogens (primary N) is 1. The van der Waals surface area contributed by atoms with Gasteiger partial charge in [-0.05, 0) is 23.7 Å². The zero-order valence-electron chi connectivity index (χ0n) is 13.8. The van der Waals surface area contributed by atoms with Gasteiger partial charge in [0.05, 0.1) is 0 Å². The van der Waals surface area contributed by atoms with E-state index in [0.717, 1.165) is 11.7 Å². The Balaban J connectivity index is 2.00. The minimum atomic E-state index is -0.112. The lowest BCUT2D eigenvalue weighted by atomic mass is 10.0. The van der Waals surface area contributed by atoms with Crippen LogP contribution in [0.1, 0.15) is 44.3 Å². The normalized spacial score (nSPS) is 19.3. The smallest absolute Gasteiger partial charge is 0.265 e. The minimum Gasteiger partial charge on any atom is -0.382 e. The number of hydrogen-bond acceptors (Lipinski definition) is 5. The number of amides is 1. The Morgan fingerprint density at radius 3 is 2.43 bits per heavy atom. The molecule has 3 N–H and O–H groups in total. The Labute approximate surface area is 130 Å². The number of nitrogens with one attached hydrogen (secondary N) is 1. The summed E-state index contributed by atoms with van der Waals surface area (Å²) in [7, 11) is 1.94. The summed E-state index contributed by atoms with van der Waals surface area (Å²) in [5.41, 5.74) is 6.42. The summed E-state index contributed by atoms with van der Waals surface area (Å²) >= 11 is 1.35. The van der Waals surface area contributed by atoms with Gasteiger partial charge in [0.1, 0.15) is 10.7 Å². The van der Waals surface area contributed by atoms with Crippen LogP contribution in [0.25, 0.3) is 0 Å². The number of carbonyl (C=O) groups is 1. The van der Waals surface area contributed by atoms with Crippen LogP contribution in [-0.2, 0) is 0 Å². The molecular formula is C15H26N4OS. The van der Waals surface area contributed by atoms with E-state index < -0.39 is 0 Å². The standard InChI is InChI=1S/C15H26N4OS/c1-7-19(6)13-18-11(16)10(21-13)12(20)17-8-9-14(2,3)15(9,4)5/h9H,7-8,16H2,1-6H3,(H,17,20). The Hall–Kier alpha value is -1.30. The third-order valence-electron chi connectivity index (χ3n) is 5.44. The largest absolute Gasteiger partial charge is 0.382 e. The van der Waals surface area contributed by atoms with Crippen molar-refractivity contribution in [2.24, 2.45) is 16.7 Å². The molecule has 1 aromatic heterocycles. The second-order valence-electron chi connectivity index (χ2n) is 6.93. The van der Waals surface area contributed by atoms with Gasteiger partial charge in [-0.15, -0.1) is 0 Å². The molecule has 1 heterocycles. The molecular weight excluding hydrogens is 284 g/mol. The maximum absolute atomic E-state index is 12.3. The van der Waals surface area contributed by atoms with E-state index in [9.17, 15) is 4.79 Å². The van der Waals surface area contributed by atoms with Gasteiger partial charge >= 0.3 is 0 Å². The Bertz CT molecular complexity index is 536. The van der Waals surface area contributed by atoms with Gasteiger partial charge in [-0.2, -0.15) is 0 Å². The van der Waals surface area contributed by atoms with Crippen molar-refractivity contribution in [3.05, 3.63) is 4.88 Å². The number of thiazole rings is 1. The molecule has 1 fully saturated rings. The summed E-state index contributed by atoms with van der Waals surface area (Å²) < 4.78 is 0. The topological polar surface area (TPSA) is 71.2 Å². The van der Waals surface area contributed by atoms with Crippen LogP contribution in [0.5, 0.6) is 0 Å². The van der Waals surface area contributed by atoms with Crippen molar-refractivity contribution in [3.63, 3.8) is 0 Å². The zero-order chi connectivity index (χ0) is 16.0. The first-order valence-electron chi connectivity index (χ1n) is 7.38. The zero-order valence-corrected chi connectivity index (χ0v) is 14.6. The van der Waals surface area contributed by atoms with Gasteiger partial charge in [-0.25, -0.2) is 4.98 Å². The quantitative estimate of drug-likeness (QED) is 0.877. The van der Waals surface area contributed by atoms with E-state index in [1.54, 1.807) is 0 Å². The third kappa shape index (κ3) is 2.61. The summed E-state index contributed by atoms with van der Waals surface area (Å²) in [5, 5.41) is 3.80. The number of rotatable bonds is 5. The van der Waals surface area contributed by atoms with Crippen molar-refractivity contribution in [1.29, 1.82) is 0 Å². The molecule has 118 valence electrons. The molecule has 0 spiro atoms. The Kier molecular flexibility index (Phi) is 3.95. The monoisotopic (exact) mass is 310 g/mol. The van der Waals surface area contributed by atoms with Crippen LogP contribution in [-0.4, -0.2) is 31.0 Å². The van der Waals surface area contributed by atoms with Crippen LogP contribution >= 0.6 is 11.3 Å². The van der Waals surface area contributed by atoms with E-state index in [-0.39, 0.29) is 16.7 Å². The fourth-order valence-electron chi connectivity index (χ4n) is 2.90. The molecule has 0 aromatic carbocycles. The fraction of sp³-hybridized carbons (Fsp3) is 0.733. The molecule has 21 heavy (non-hydrogen) atoms. The predicted octanol–water partition coefficient (Wildman–Crippen LogP) is 2.59. The highest BCUT2D eigenvalue weighted by Gasteiger charge is 2.64. The van der Waals surface area contributed by atoms with E-state index in [0.29, 0.717) is 23.2 Å². The van der Waals surface area contributed by atoms with E-state index >= 15 is 0 Å². The molecule has 0 aliphatic heterocycles. The molecule has 1 aromatic rings. The molecule has 6 heteroatoms. The molecule has 0 bridgehead atoms. The van der Waals surface area contributed by atoms with Gasteiger partial charge < -0.3 is 16.0 Å². The first-order chi connectivity index (χ1) is 9.62. The van der Waals surface area contributed by atoms with Crippen LogP contribution in [0.15, 0.2) is 0 Å². The number of anilines is 2. The van der Waals surface area contributed by atoms with Gasteiger partial charge in [-0.1, -0.05) is 39.0 Å². The Morgan fingerprint density at radius 2 is 1.95 bits per heavy atom. The highest BCUT2D eigenvalue weighted by molar-refractivity contribution is 7.18. The average molecular weight is 310 g/mol. The fourth-order valence-corrected chi connectivity index (χ4v) is 3.83. The predicted molar refractivity (Wildman–Crippen MR) is 88.9 cm³/mol. The maximum Gasteiger partial charge on any atom is 0.265 e. The molecule has 0 atom stereocenters. The molecule has 1 aliphatic carbocycles. The average Bonchev–Trinajstić information content (AvgIpc) is 2.71. The van der Waals surface area contributed by atoms with Crippen molar-refractivity contribution in [2.75, 3.05) is 30.8 Å². The number of aromatic nitrogens is 1. The number of nitrogens with zero attached hydrogens (tertiary/aromatic N) is 2. The lowest BCUT2D eigenvalue weighted by Crippen LogP contribution is -2.27. The van der Waals surface area contributed by atoms with E-state index in [1.807, 2.05) is 18.9 Å². The third-order valence-corrected chi connectivity index (χ3v) is 6.62. The number of carbonyl (C=O) groups excluding carboxylic acids is 1. The highest BCUT2D eigenvalue weighted by Crippen LogP contribution is 2.67. The van der Waals surface area contributed by atoms with Gasteiger partial charge in [0.25, 0.3) is 5.91 Å². The summed E-state index contributed by atoms with van der Waals surface area (Å²) in [6, 6.07) is 0. The molecule has 0 saturated heterocycles. The molecule has 1 aliphatic rings. The van der Waals surface area contributed by atoms with Gasteiger partial charge in [0.15, 0.2) is 5.13 Å². The van der Waals surface area contributed by atoms with Gasteiger partial charge in [0, 0.05) is 20.1 Å². The lowest BCUT2D eigenvalue weighted by molar-refractivity contribution is 0.0954. The second kappa shape index (κ2) is 5.16. The summed E-state index contributed by atoms with van der Waals surface area (Å²) in [4.78, 5) is 19.1. The van der Waals surface area contributed by atoms with Crippen LogP contribution < -0.4 is 16.0 Å². The van der Waals surface area contributed by atoms with Crippen molar-refractivity contribution in [3.8, 4) is 0 Å². The van der Waals surface area contributed by atoms with Crippen LogP contribution in [0.2, 0.25) is 0 Å². The van der Waals surface area contributed by atoms with E-state index in [2.05, 4.69) is 38.0 Å². The summed E-state index contributed by atoms with van der Waals surface area (Å²) in [5.74, 6) is 0.710. The lowest BCUT2D eigenvalue weighted by Gasteiger charge is -2.10.